The van der Waals surface area contributed by atoms with E-state index in [1.165, 1.54) is 5.56 Å². The van der Waals surface area contributed by atoms with E-state index >= 15 is 0 Å². The van der Waals surface area contributed by atoms with Crippen LogP contribution in [0.2, 0.25) is 0 Å². The Morgan fingerprint density at radius 1 is 0.846 bits per heavy atom. The Hall–Kier alpha value is -2.37. The second-order valence-corrected chi connectivity index (χ2v) is 6.59. The van der Waals surface area contributed by atoms with Gasteiger partial charge in [0.2, 0.25) is 0 Å². The molecule has 1 aliphatic heterocycles. The zero-order valence-electron chi connectivity index (χ0n) is 15.1. The van der Waals surface area contributed by atoms with Gasteiger partial charge in [0.25, 0.3) is 0 Å². The average Bonchev–Trinajstić information content (AvgIpc) is 2.69. The molecule has 5 heteroatoms. The molecular weight excluding hydrogens is 326 g/mol. The Morgan fingerprint density at radius 2 is 1.42 bits per heavy atom. The maximum atomic E-state index is 11.8. The van der Waals surface area contributed by atoms with Gasteiger partial charge in [-0.1, -0.05) is 60.7 Å². The first-order valence-electron chi connectivity index (χ1n) is 9.23. The maximum absolute atomic E-state index is 11.8. The number of nitrogens with one attached hydrogen (secondary N) is 1. The number of amides is 1. The molecule has 0 spiro atoms. The molecule has 0 radical (unpaired) electrons. The maximum Gasteiger partial charge on any atom is 0.407 e. The molecule has 1 aliphatic rings. The second-order valence-electron chi connectivity index (χ2n) is 6.59. The van der Waals surface area contributed by atoms with Crippen LogP contribution in [0, 0.1) is 0 Å². The van der Waals surface area contributed by atoms with Crippen molar-refractivity contribution in [3.8, 4) is 0 Å². The normalized spacial score (nSPS) is 15.5. The first-order valence-corrected chi connectivity index (χ1v) is 9.23. The number of benzene rings is 2. The summed E-state index contributed by atoms with van der Waals surface area (Å²) in [6.45, 7) is 7.00. The third-order valence-corrected chi connectivity index (χ3v) is 4.62. The minimum Gasteiger partial charge on any atom is -0.445 e. The highest BCUT2D eigenvalue weighted by molar-refractivity contribution is 5.67. The second kappa shape index (κ2) is 9.94. The molecule has 0 unspecified atom stereocenters. The molecule has 0 bridgehead atoms. The van der Waals surface area contributed by atoms with Crippen LogP contribution in [0.25, 0.3) is 0 Å². The van der Waals surface area contributed by atoms with Gasteiger partial charge in [-0.25, -0.2) is 4.79 Å². The number of carbonyl (C=O) groups excluding carboxylic acids is 1. The number of rotatable bonds is 7. The number of hydrogen-bond acceptors (Lipinski definition) is 4. The molecule has 1 N–H and O–H groups in total. The molecular formula is C21H27N3O2. The Kier molecular flexibility index (Phi) is 7.05. The molecule has 0 aromatic heterocycles. The molecule has 138 valence electrons. The van der Waals surface area contributed by atoms with Gasteiger partial charge >= 0.3 is 6.09 Å². The van der Waals surface area contributed by atoms with Gasteiger partial charge in [-0.2, -0.15) is 0 Å². The van der Waals surface area contributed by atoms with Crippen LogP contribution < -0.4 is 5.32 Å². The summed E-state index contributed by atoms with van der Waals surface area (Å²) in [5.41, 5.74) is 2.36. The number of piperazine rings is 1. The summed E-state index contributed by atoms with van der Waals surface area (Å²) in [4.78, 5) is 16.6. The summed E-state index contributed by atoms with van der Waals surface area (Å²) < 4.78 is 5.22. The van der Waals surface area contributed by atoms with Crippen LogP contribution in [0.4, 0.5) is 4.79 Å². The molecule has 2 aromatic carbocycles. The van der Waals surface area contributed by atoms with Crippen molar-refractivity contribution >= 4 is 6.09 Å². The zero-order chi connectivity index (χ0) is 18.0. The Balaban J connectivity index is 1.27. The predicted molar refractivity (Wildman–Crippen MR) is 103 cm³/mol. The highest BCUT2D eigenvalue weighted by Gasteiger charge is 2.16. The molecule has 1 heterocycles. The summed E-state index contributed by atoms with van der Waals surface area (Å²) in [5.74, 6) is 0. The topological polar surface area (TPSA) is 44.8 Å². The van der Waals surface area contributed by atoms with Crippen molar-refractivity contribution in [2.45, 2.75) is 13.2 Å². The van der Waals surface area contributed by atoms with Crippen LogP contribution in [0.15, 0.2) is 60.7 Å². The standard InChI is InChI=1S/C21H27N3O2/c25-21(26-18-20-9-5-2-6-10-20)22-11-12-23-13-15-24(16-14-23)17-19-7-3-1-4-8-19/h1-10H,11-18H2,(H,22,25). The fourth-order valence-electron chi connectivity index (χ4n) is 3.10. The van der Waals surface area contributed by atoms with Crippen LogP contribution in [0.5, 0.6) is 0 Å². The third kappa shape index (κ3) is 6.17. The fourth-order valence-corrected chi connectivity index (χ4v) is 3.10. The molecule has 3 rings (SSSR count). The number of ether oxygens (including phenoxy) is 1. The Bertz CT molecular complexity index is 655. The zero-order valence-corrected chi connectivity index (χ0v) is 15.1. The molecule has 5 nitrogen and oxygen atoms in total. The molecule has 1 saturated heterocycles. The summed E-state index contributed by atoms with van der Waals surface area (Å²) >= 11 is 0. The van der Waals surface area contributed by atoms with Gasteiger partial charge in [0.05, 0.1) is 0 Å². The minimum atomic E-state index is -0.350. The van der Waals surface area contributed by atoms with Gasteiger partial charge in [-0.05, 0) is 11.1 Å². The number of nitrogens with zero attached hydrogens (tertiary/aromatic N) is 2. The van der Waals surface area contributed by atoms with Gasteiger partial charge < -0.3 is 10.1 Å². The lowest BCUT2D eigenvalue weighted by Crippen LogP contribution is -2.48. The Labute approximate surface area is 155 Å². The van der Waals surface area contributed by atoms with E-state index in [2.05, 4.69) is 45.4 Å². The summed E-state index contributed by atoms with van der Waals surface area (Å²) in [6.07, 6.45) is -0.350. The molecule has 0 saturated carbocycles. The van der Waals surface area contributed by atoms with Gasteiger partial charge in [0, 0.05) is 45.8 Å². The van der Waals surface area contributed by atoms with Gasteiger partial charge in [-0.15, -0.1) is 0 Å². The van der Waals surface area contributed by atoms with Crippen molar-refractivity contribution in [3.05, 3.63) is 71.8 Å². The van der Waals surface area contributed by atoms with Crippen molar-refractivity contribution in [1.82, 2.24) is 15.1 Å². The van der Waals surface area contributed by atoms with E-state index < -0.39 is 0 Å². The van der Waals surface area contributed by atoms with Crippen molar-refractivity contribution in [1.29, 1.82) is 0 Å². The minimum absolute atomic E-state index is 0.310. The summed E-state index contributed by atoms with van der Waals surface area (Å²) in [7, 11) is 0. The van der Waals surface area contributed by atoms with E-state index in [9.17, 15) is 4.79 Å². The highest BCUT2D eigenvalue weighted by atomic mass is 16.5. The van der Waals surface area contributed by atoms with E-state index in [1.807, 2.05) is 30.3 Å². The Morgan fingerprint density at radius 3 is 2.08 bits per heavy atom. The van der Waals surface area contributed by atoms with E-state index in [-0.39, 0.29) is 6.09 Å². The first-order chi connectivity index (χ1) is 12.8. The van der Waals surface area contributed by atoms with Gasteiger partial charge in [0.1, 0.15) is 6.61 Å². The molecule has 1 amide bonds. The summed E-state index contributed by atoms with van der Waals surface area (Å²) in [6, 6.07) is 20.3. The molecule has 2 aromatic rings. The number of alkyl carbamates (subject to hydrolysis) is 1. The van der Waals surface area contributed by atoms with E-state index in [4.69, 9.17) is 4.74 Å². The van der Waals surface area contributed by atoms with Crippen molar-refractivity contribution in [2.24, 2.45) is 0 Å². The largest absolute Gasteiger partial charge is 0.445 e. The molecule has 0 atom stereocenters. The molecule has 0 aliphatic carbocycles. The highest BCUT2D eigenvalue weighted by Crippen LogP contribution is 2.08. The first kappa shape index (κ1) is 18.4. The van der Waals surface area contributed by atoms with Gasteiger partial charge in [0.15, 0.2) is 0 Å². The van der Waals surface area contributed by atoms with Crippen LogP contribution in [-0.4, -0.2) is 55.2 Å². The number of hydrogen-bond donors (Lipinski definition) is 1. The van der Waals surface area contributed by atoms with E-state index in [1.54, 1.807) is 0 Å². The lowest BCUT2D eigenvalue weighted by Gasteiger charge is -2.34. The SMILES string of the molecule is O=C(NCCN1CCN(Cc2ccccc2)CC1)OCc1ccccc1. The summed E-state index contributed by atoms with van der Waals surface area (Å²) in [5, 5.41) is 2.83. The third-order valence-electron chi connectivity index (χ3n) is 4.62. The van der Waals surface area contributed by atoms with Crippen molar-refractivity contribution in [3.63, 3.8) is 0 Å². The van der Waals surface area contributed by atoms with Crippen molar-refractivity contribution < 1.29 is 9.53 Å². The van der Waals surface area contributed by atoms with Crippen molar-refractivity contribution in [2.75, 3.05) is 39.3 Å². The van der Waals surface area contributed by atoms with E-state index in [0.29, 0.717) is 13.2 Å². The molecule has 26 heavy (non-hydrogen) atoms. The van der Waals surface area contributed by atoms with E-state index in [0.717, 1.165) is 44.8 Å². The van der Waals surface area contributed by atoms with Crippen LogP contribution in [-0.2, 0) is 17.9 Å². The number of carbonyl (C=O) groups is 1. The predicted octanol–water partition coefficient (Wildman–Crippen LogP) is 2.73. The average molecular weight is 353 g/mol. The lowest BCUT2D eigenvalue weighted by atomic mass is 10.2. The molecule has 1 fully saturated rings. The van der Waals surface area contributed by atoms with Crippen LogP contribution in [0.1, 0.15) is 11.1 Å². The van der Waals surface area contributed by atoms with Gasteiger partial charge in [-0.3, -0.25) is 9.80 Å². The van der Waals surface area contributed by atoms with Crippen LogP contribution >= 0.6 is 0 Å². The monoisotopic (exact) mass is 353 g/mol. The fraction of sp³-hybridized carbons (Fsp3) is 0.381. The smallest absolute Gasteiger partial charge is 0.407 e. The van der Waals surface area contributed by atoms with Crippen LogP contribution in [0.3, 0.4) is 0 Å². The quantitative estimate of drug-likeness (QED) is 0.831. The lowest BCUT2D eigenvalue weighted by molar-refractivity contribution is 0.120.